The summed E-state index contributed by atoms with van der Waals surface area (Å²) >= 11 is 12.3. The predicted molar refractivity (Wildman–Crippen MR) is 108 cm³/mol. The largest absolute Gasteiger partial charge is 0.418 e. The lowest BCUT2D eigenvalue weighted by Gasteiger charge is -2.17. The molecule has 0 unspecified atom stereocenters. The van der Waals surface area contributed by atoms with E-state index < -0.39 is 0 Å². The third-order valence-electron chi connectivity index (χ3n) is 4.03. The molecule has 1 atom stereocenters. The fraction of sp³-hybridized carbons (Fsp3) is 0.0476. The van der Waals surface area contributed by atoms with Crippen LogP contribution in [-0.2, 0) is 0 Å². The maximum Gasteiger partial charge on any atom is 0.247 e. The van der Waals surface area contributed by atoms with Crippen LogP contribution in [0.1, 0.15) is 17.5 Å². The van der Waals surface area contributed by atoms with Crippen molar-refractivity contribution >= 4 is 28.9 Å². The average molecular weight is 396 g/mol. The molecule has 0 spiro atoms. The van der Waals surface area contributed by atoms with Gasteiger partial charge in [0.2, 0.25) is 11.8 Å². The number of nitrogens with zero attached hydrogens (tertiary/aromatic N) is 2. The van der Waals surface area contributed by atoms with Crippen LogP contribution in [0.25, 0.3) is 11.5 Å². The van der Waals surface area contributed by atoms with Crippen molar-refractivity contribution in [2.75, 3.05) is 5.32 Å². The summed E-state index contributed by atoms with van der Waals surface area (Å²) in [5.74, 6) is 0.904. The lowest BCUT2D eigenvalue weighted by atomic mass is 10.1. The molecule has 4 nitrogen and oxygen atoms in total. The zero-order valence-corrected chi connectivity index (χ0v) is 15.7. The molecule has 0 aliphatic rings. The van der Waals surface area contributed by atoms with Crippen molar-refractivity contribution in [2.45, 2.75) is 6.04 Å². The van der Waals surface area contributed by atoms with Gasteiger partial charge < -0.3 is 9.73 Å². The summed E-state index contributed by atoms with van der Waals surface area (Å²) in [6, 6.07) is 24.3. The number of rotatable bonds is 5. The monoisotopic (exact) mass is 395 g/mol. The van der Waals surface area contributed by atoms with E-state index in [2.05, 4.69) is 15.5 Å². The van der Waals surface area contributed by atoms with E-state index in [1.54, 1.807) is 0 Å². The Morgan fingerprint density at radius 1 is 0.778 bits per heavy atom. The summed E-state index contributed by atoms with van der Waals surface area (Å²) in [4.78, 5) is 0. The van der Waals surface area contributed by atoms with Crippen molar-refractivity contribution in [3.8, 4) is 11.5 Å². The molecule has 0 fully saturated rings. The van der Waals surface area contributed by atoms with Gasteiger partial charge in [-0.15, -0.1) is 10.2 Å². The lowest BCUT2D eigenvalue weighted by Crippen LogP contribution is -2.13. The minimum Gasteiger partial charge on any atom is -0.418 e. The summed E-state index contributed by atoms with van der Waals surface area (Å²) < 4.78 is 5.97. The van der Waals surface area contributed by atoms with Gasteiger partial charge in [-0.25, -0.2) is 0 Å². The number of halogens is 2. The lowest BCUT2D eigenvalue weighted by molar-refractivity contribution is 0.494. The Balaban J connectivity index is 1.73. The molecule has 4 aromatic rings. The quantitative estimate of drug-likeness (QED) is 0.434. The van der Waals surface area contributed by atoms with Crippen LogP contribution in [0.15, 0.2) is 83.3 Å². The molecule has 6 heteroatoms. The summed E-state index contributed by atoms with van der Waals surface area (Å²) in [6.07, 6.45) is 0. The first-order valence-electron chi connectivity index (χ1n) is 8.35. The highest BCUT2D eigenvalue weighted by molar-refractivity contribution is 6.31. The van der Waals surface area contributed by atoms with Crippen molar-refractivity contribution < 1.29 is 4.42 Å². The molecule has 27 heavy (non-hydrogen) atoms. The van der Waals surface area contributed by atoms with Gasteiger partial charge >= 0.3 is 0 Å². The second kappa shape index (κ2) is 7.82. The van der Waals surface area contributed by atoms with Crippen molar-refractivity contribution in [3.63, 3.8) is 0 Å². The molecular weight excluding hydrogens is 381 g/mol. The van der Waals surface area contributed by atoms with Crippen LogP contribution in [-0.4, -0.2) is 10.2 Å². The van der Waals surface area contributed by atoms with Crippen LogP contribution < -0.4 is 5.32 Å². The molecule has 1 aromatic heterocycles. The first kappa shape index (κ1) is 17.6. The molecule has 1 heterocycles. The number of benzene rings is 3. The molecule has 3 aromatic carbocycles. The Hall–Kier alpha value is -2.82. The molecular formula is C21H15Cl2N3O. The standard InChI is InChI=1S/C21H15Cl2N3O/c22-16-9-4-8-15(12-16)19(24-18-11-5-10-17(23)13-18)21-26-25-20(27-21)14-6-2-1-3-7-14/h1-13,19,24H/t19-/m0/s1. The normalized spacial score (nSPS) is 11.9. The molecule has 4 rings (SSSR count). The maximum atomic E-state index is 6.19. The highest BCUT2D eigenvalue weighted by Crippen LogP contribution is 2.30. The van der Waals surface area contributed by atoms with E-state index in [1.165, 1.54) is 0 Å². The van der Waals surface area contributed by atoms with Crippen LogP contribution in [0.3, 0.4) is 0 Å². The van der Waals surface area contributed by atoms with Gasteiger partial charge in [0.1, 0.15) is 6.04 Å². The van der Waals surface area contributed by atoms with Gasteiger partial charge in [0, 0.05) is 21.3 Å². The van der Waals surface area contributed by atoms with Gasteiger partial charge in [0.05, 0.1) is 0 Å². The molecule has 0 aliphatic carbocycles. The van der Waals surface area contributed by atoms with Crippen LogP contribution in [0.5, 0.6) is 0 Å². The second-order valence-electron chi connectivity index (χ2n) is 5.95. The van der Waals surface area contributed by atoms with E-state index in [0.29, 0.717) is 21.8 Å². The molecule has 134 valence electrons. The number of hydrogen-bond acceptors (Lipinski definition) is 4. The number of nitrogens with one attached hydrogen (secondary N) is 1. The Kier molecular flexibility index (Phi) is 5.10. The third-order valence-corrected chi connectivity index (χ3v) is 4.50. The second-order valence-corrected chi connectivity index (χ2v) is 6.83. The first-order chi connectivity index (χ1) is 13.2. The topological polar surface area (TPSA) is 51.0 Å². The minimum atomic E-state index is -0.368. The summed E-state index contributed by atoms with van der Waals surface area (Å²) in [7, 11) is 0. The van der Waals surface area contributed by atoms with Gasteiger partial charge in [0.25, 0.3) is 0 Å². The zero-order valence-electron chi connectivity index (χ0n) is 14.1. The SMILES string of the molecule is Clc1cccc(N[C@@H](c2cccc(Cl)c2)c2nnc(-c3ccccc3)o2)c1. The molecule has 0 saturated carbocycles. The fourth-order valence-corrected chi connectivity index (χ4v) is 3.16. The van der Waals surface area contributed by atoms with Crippen molar-refractivity contribution in [1.82, 2.24) is 10.2 Å². The Bertz CT molecular complexity index is 1050. The maximum absolute atomic E-state index is 6.19. The molecule has 1 N–H and O–H groups in total. The van der Waals surface area contributed by atoms with Gasteiger partial charge in [-0.3, -0.25) is 0 Å². The molecule has 0 amide bonds. The van der Waals surface area contributed by atoms with Crippen LogP contribution in [0.2, 0.25) is 10.0 Å². The average Bonchev–Trinajstić information content (AvgIpc) is 3.17. The fourth-order valence-electron chi connectivity index (χ4n) is 2.77. The van der Waals surface area contributed by atoms with Gasteiger partial charge in [0.15, 0.2) is 0 Å². The number of hydrogen-bond donors (Lipinski definition) is 1. The Morgan fingerprint density at radius 3 is 2.26 bits per heavy atom. The van der Waals surface area contributed by atoms with E-state index in [9.17, 15) is 0 Å². The minimum absolute atomic E-state index is 0.368. The van der Waals surface area contributed by atoms with Gasteiger partial charge in [-0.05, 0) is 48.0 Å². The van der Waals surface area contributed by atoms with Gasteiger partial charge in [-0.2, -0.15) is 0 Å². The predicted octanol–water partition coefficient (Wildman–Crippen LogP) is 6.24. The zero-order chi connectivity index (χ0) is 18.6. The Morgan fingerprint density at radius 2 is 1.52 bits per heavy atom. The highest BCUT2D eigenvalue weighted by Gasteiger charge is 2.22. The first-order valence-corrected chi connectivity index (χ1v) is 9.11. The summed E-state index contributed by atoms with van der Waals surface area (Å²) in [6.45, 7) is 0. The van der Waals surface area contributed by atoms with E-state index in [1.807, 2.05) is 78.9 Å². The van der Waals surface area contributed by atoms with Crippen molar-refractivity contribution in [1.29, 1.82) is 0 Å². The summed E-state index contributed by atoms with van der Waals surface area (Å²) in [5.41, 5.74) is 2.61. The van der Waals surface area contributed by atoms with Crippen LogP contribution in [0, 0.1) is 0 Å². The third kappa shape index (κ3) is 4.13. The summed E-state index contributed by atoms with van der Waals surface area (Å²) in [5, 5.41) is 13.1. The van der Waals surface area contributed by atoms with Crippen LogP contribution in [0.4, 0.5) is 5.69 Å². The van der Waals surface area contributed by atoms with Crippen molar-refractivity contribution in [3.05, 3.63) is 100 Å². The smallest absolute Gasteiger partial charge is 0.247 e. The molecule has 0 saturated heterocycles. The molecule has 0 radical (unpaired) electrons. The molecule has 0 aliphatic heterocycles. The molecule has 0 bridgehead atoms. The van der Waals surface area contributed by atoms with E-state index in [-0.39, 0.29) is 6.04 Å². The van der Waals surface area contributed by atoms with E-state index >= 15 is 0 Å². The van der Waals surface area contributed by atoms with Crippen LogP contribution >= 0.6 is 23.2 Å². The Labute approximate surface area is 166 Å². The van der Waals surface area contributed by atoms with Crippen molar-refractivity contribution in [2.24, 2.45) is 0 Å². The highest BCUT2D eigenvalue weighted by atomic mass is 35.5. The van der Waals surface area contributed by atoms with E-state index in [4.69, 9.17) is 27.6 Å². The number of aromatic nitrogens is 2. The van der Waals surface area contributed by atoms with Gasteiger partial charge in [-0.1, -0.05) is 59.6 Å². The number of anilines is 1. The van der Waals surface area contributed by atoms with E-state index in [0.717, 1.165) is 16.8 Å².